The highest BCUT2D eigenvalue weighted by Gasteiger charge is 2.14. The van der Waals surface area contributed by atoms with Gasteiger partial charge in [-0.3, -0.25) is 4.68 Å². The van der Waals surface area contributed by atoms with Gasteiger partial charge in [-0.25, -0.2) is 0 Å². The monoisotopic (exact) mass is 257 g/mol. The first-order valence-corrected chi connectivity index (χ1v) is 7.00. The second kappa shape index (κ2) is 7.10. The lowest BCUT2D eigenvalue weighted by atomic mass is 9.88. The maximum atomic E-state index is 4.20. The Morgan fingerprint density at radius 1 is 1.16 bits per heavy atom. The van der Waals surface area contributed by atoms with Gasteiger partial charge in [-0.1, -0.05) is 44.2 Å². The Bertz CT molecular complexity index is 448. The molecule has 0 aliphatic rings. The molecule has 0 saturated heterocycles. The maximum Gasteiger partial charge on any atom is 0.0533 e. The molecule has 3 heteroatoms. The minimum absolute atomic E-state index is 0.568. The third-order valence-corrected chi connectivity index (χ3v) is 3.47. The van der Waals surface area contributed by atoms with E-state index in [0.29, 0.717) is 11.8 Å². The molecule has 0 aliphatic carbocycles. The highest BCUT2D eigenvalue weighted by atomic mass is 15.3. The number of hydrogen-bond donors (Lipinski definition) is 1. The molecule has 1 N–H and O–H groups in total. The van der Waals surface area contributed by atoms with Gasteiger partial charge in [-0.15, -0.1) is 0 Å². The summed E-state index contributed by atoms with van der Waals surface area (Å²) in [6.45, 7) is 7.47. The summed E-state index contributed by atoms with van der Waals surface area (Å²) in [6, 6.07) is 12.7. The SMILES string of the molecule is CC(C)C(CNCCn1cccn1)c1ccccc1. The molecule has 1 atom stereocenters. The van der Waals surface area contributed by atoms with E-state index >= 15 is 0 Å². The van der Waals surface area contributed by atoms with E-state index in [1.807, 2.05) is 23.1 Å². The predicted molar refractivity (Wildman–Crippen MR) is 79.1 cm³/mol. The zero-order valence-corrected chi connectivity index (χ0v) is 11.8. The van der Waals surface area contributed by atoms with Crippen LogP contribution < -0.4 is 5.32 Å². The number of rotatable bonds is 7. The summed E-state index contributed by atoms with van der Waals surface area (Å²) in [6.07, 6.45) is 3.82. The zero-order valence-electron chi connectivity index (χ0n) is 11.8. The molecule has 3 nitrogen and oxygen atoms in total. The first-order chi connectivity index (χ1) is 9.27. The normalized spacial score (nSPS) is 12.8. The van der Waals surface area contributed by atoms with Crippen molar-refractivity contribution in [3.8, 4) is 0 Å². The largest absolute Gasteiger partial charge is 0.314 e. The smallest absolute Gasteiger partial charge is 0.0533 e. The summed E-state index contributed by atoms with van der Waals surface area (Å²) in [4.78, 5) is 0. The van der Waals surface area contributed by atoms with Crippen LogP contribution in [0, 0.1) is 5.92 Å². The summed E-state index contributed by atoms with van der Waals surface area (Å²) < 4.78 is 1.96. The molecule has 102 valence electrons. The average molecular weight is 257 g/mol. The highest BCUT2D eigenvalue weighted by Crippen LogP contribution is 2.23. The molecule has 19 heavy (non-hydrogen) atoms. The van der Waals surface area contributed by atoms with Gasteiger partial charge >= 0.3 is 0 Å². The molecule has 2 rings (SSSR count). The van der Waals surface area contributed by atoms with Crippen molar-refractivity contribution in [1.29, 1.82) is 0 Å². The van der Waals surface area contributed by atoms with Crippen LogP contribution in [-0.2, 0) is 6.54 Å². The standard InChI is InChI=1S/C16H23N3/c1-14(2)16(15-7-4-3-5-8-15)13-17-10-12-19-11-6-9-18-19/h3-9,11,14,16-17H,10,12-13H2,1-2H3. The fourth-order valence-corrected chi connectivity index (χ4v) is 2.32. The Balaban J connectivity index is 1.81. The van der Waals surface area contributed by atoms with Crippen molar-refractivity contribution in [2.45, 2.75) is 26.3 Å². The summed E-state index contributed by atoms with van der Waals surface area (Å²) in [5.41, 5.74) is 1.42. The van der Waals surface area contributed by atoms with Gasteiger partial charge in [-0.2, -0.15) is 5.10 Å². The zero-order chi connectivity index (χ0) is 13.5. The molecule has 1 heterocycles. The predicted octanol–water partition coefficient (Wildman–Crippen LogP) is 2.91. The average Bonchev–Trinajstić information content (AvgIpc) is 2.92. The van der Waals surface area contributed by atoms with Crippen LogP contribution in [0.3, 0.4) is 0 Å². The molecule has 0 amide bonds. The van der Waals surface area contributed by atoms with Gasteiger partial charge in [0.1, 0.15) is 0 Å². The van der Waals surface area contributed by atoms with Gasteiger partial charge in [0.15, 0.2) is 0 Å². The Labute approximate surface area is 115 Å². The van der Waals surface area contributed by atoms with Crippen molar-refractivity contribution >= 4 is 0 Å². The van der Waals surface area contributed by atoms with E-state index in [2.05, 4.69) is 54.6 Å². The van der Waals surface area contributed by atoms with E-state index in [-0.39, 0.29) is 0 Å². The van der Waals surface area contributed by atoms with Crippen LogP contribution in [0.4, 0.5) is 0 Å². The van der Waals surface area contributed by atoms with Gasteiger partial charge in [0, 0.05) is 25.5 Å². The summed E-state index contributed by atoms with van der Waals surface area (Å²) >= 11 is 0. The van der Waals surface area contributed by atoms with E-state index in [0.717, 1.165) is 19.6 Å². The van der Waals surface area contributed by atoms with Crippen LogP contribution in [0.25, 0.3) is 0 Å². The van der Waals surface area contributed by atoms with Crippen LogP contribution in [0.2, 0.25) is 0 Å². The number of benzene rings is 1. The second-order valence-electron chi connectivity index (χ2n) is 5.23. The lowest BCUT2D eigenvalue weighted by molar-refractivity contribution is 0.448. The second-order valence-corrected chi connectivity index (χ2v) is 5.23. The van der Waals surface area contributed by atoms with Gasteiger partial charge in [0.05, 0.1) is 6.54 Å². The molecule has 1 unspecified atom stereocenters. The number of nitrogens with one attached hydrogen (secondary N) is 1. The Morgan fingerprint density at radius 3 is 2.58 bits per heavy atom. The molecular weight excluding hydrogens is 234 g/mol. The molecule has 0 spiro atoms. The van der Waals surface area contributed by atoms with Crippen molar-refractivity contribution in [2.75, 3.05) is 13.1 Å². The number of nitrogens with zero attached hydrogens (tertiary/aromatic N) is 2. The molecular formula is C16H23N3. The number of hydrogen-bond acceptors (Lipinski definition) is 2. The van der Waals surface area contributed by atoms with Crippen LogP contribution in [0.5, 0.6) is 0 Å². The molecule has 0 bridgehead atoms. The fraction of sp³-hybridized carbons (Fsp3) is 0.438. The van der Waals surface area contributed by atoms with E-state index < -0.39 is 0 Å². The van der Waals surface area contributed by atoms with E-state index in [9.17, 15) is 0 Å². The Morgan fingerprint density at radius 2 is 1.95 bits per heavy atom. The lowest BCUT2D eigenvalue weighted by Crippen LogP contribution is -2.27. The maximum absolute atomic E-state index is 4.20. The van der Waals surface area contributed by atoms with Gasteiger partial charge in [0.25, 0.3) is 0 Å². The quantitative estimate of drug-likeness (QED) is 0.773. The number of aromatic nitrogens is 2. The molecule has 0 saturated carbocycles. The van der Waals surface area contributed by atoms with Crippen molar-refractivity contribution in [3.05, 3.63) is 54.4 Å². The van der Waals surface area contributed by atoms with Crippen molar-refractivity contribution < 1.29 is 0 Å². The first kappa shape index (κ1) is 13.8. The van der Waals surface area contributed by atoms with E-state index in [4.69, 9.17) is 0 Å². The topological polar surface area (TPSA) is 29.9 Å². The first-order valence-electron chi connectivity index (χ1n) is 7.00. The minimum atomic E-state index is 0.568. The molecule has 0 radical (unpaired) electrons. The van der Waals surface area contributed by atoms with Crippen LogP contribution in [0.15, 0.2) is 48.8 Å². The van der Waals surface area contributed by atoms with Crippen LogP contribution in [-0.4, -0.2) is 22.9 Å². The molecule has 2 aromatic rings. The third kappa shape index (κ3) is 4.21. The Kier molecular flexibility index (Phi) is 5.16. The third-order valence-electron chi connectivity index (χ3n) is 3.47. The summed E-state index contributed by atoms with van der Waals surface area (Å²) in [5, 5.41) is 7.75. The van der Waals surface area contributed by atoms with Crippen molar-refractivity contribution in [1.82, 2.24) is 15.1 Å². The highest BCUT2D eigenvalue weighted by molar-refractivity contribution is 5.20. The minimum Gasteiger partial charge on any atom is -0.314 e. The molecule has 1 aromatic heterocycles. The molecule has 1 aromatic carbocycles. The molecule has 0 aliphatic heterocycles. The van der Waals surface area contributed by atoms with Crippen LogP contribution >= 0.6 is 0 Å². The summed E-state index contributed by atoms with van der Waals surface area (Å²) in [5.74, 6) is 1.21. The van der Waals surface area contributed by atoms with E-state index in [1.165, 1.54) is 5.56 Å². The van der Waals surface area contributed by atoms with Gasteiger partial charge in [-0.05, 0) is 23.5 Å². The molecule has 0 fully saturated rings. The van der Waals surface area contributed by atoms with E-state index in [1.54, 1.807) is 0 Å². The van der Waals surface area contributed by atoms with Crippen LogP contribution in [0.1, 0.15) is 25.3 Å². The van der Waals surface area contributed by atoms with Crippen molar-refractivity contribution in [2.24, 2.45) is 5.92 Å². The fourth-order valence-electron chi connectivity index (χ4n) is 2.32. The van der Waals surface area contributed by atoms with Gasteiger partial charge in [0.2, 0.25) is 0 Å². The Hall–Kier alpha value is -1.61. The van der Waals surface area contributed by atoms with Gasteiger partial charge < -0.3 is 5.32 Å². The summed E-state index contributed by atoms with van der Waals surface area (Å²) in [7, 11) is 0. The van der Waals surface area contributed by atoms with Crippen molar-refractivity contribution in [3.63, 3.8) is 0 Å². The lowest BCUT2D eigenvalue weighted by Gasteiger charge is -2.22.